The van der Waals surface area contributed by atoms with Gasteiger partial charge in [-0.3, -0.25) is 0 Å². The molecule has 1 aliphatic heterocycles. The van der Waals surface area contributed by atoms with E-state index in [1.807, 2.05) is 25.1 Å². The first-order valence-corrected chi connectivity index (χ1v) is 11.3. The van der Waals surface area contributed by atoms with Gasteiger partial charge in [-0.25, -0.2) is 22.9 Å². The van der Waals surface area contributed by atoms with Crippen LogP contribution in [0, 0.1) is 6.92 Å². The van der Waals surface area contributed by atoms with Gasteiger partial charge in [-0.2, -0.15) is 9.40 Å². The maximum atomic E-state index is 12.7. The van der Waals surface area contributed by atoms with E-state index in [1.165, 1.54) is 22.0 Å². The third-order valence-electron chi connectivity index (χ3n) is 4.65. The van der Waals surface area contributed by atoms with Gasteiger partial charge in [-0.05, 0) is 31.2 Å². The van der Waals surface area contributed by atoms with Crippen molar-refractivity contribution in [2.24, 2.45) is 0 Å². The van der Waals surface area contributed by atoms with E-state index < -0.39 is 10.0 Å². The van der Waals surface area contributed by atoms with Gasteiger partial charge in [0.05, 0.1) is 11.4 Å². The predicted molar refractivity (Wildman–Crippen MR) is 110 cm³/mol. The molecule has 0 bridgehead atoms. The van der Waals surface area contributed by atoms with Gasteiger partial charge in [-0.15, -0.1) is 11.3 Å². The standard InChI is InChI=1S/C18H20N6O3S2/c1-14-6-7-17(28-14)29(26,27)23-10-8-22(9-11-23)18(25)21-15-4-2-3-5-16(15)24-13-19-12-20-24/h2-7,12-13H,8-11H2,1H3,(H,21,25). The number of piperazine rings is 1. The highest BCUT2D eigenvalue weighted by Crippen LogP contribution is 2.25. The second kappa shape index (κ2) is 7.93. The maximum Gasteiger partial charge on any atom is 0.321 e. The normalized spacial score (nSPS) is 15.4. The molecule has 0 unspecified atom stereocenters. The number of carbonyl (C=O) groups is 1. The number of para-hydroxylation sites is 2. The molecule has 0 spiro atoms. The minimum absolute atomic E-state index is 0.261. The molecule has 1 saturated heterocycles. The number of urea groups is 1. The summed E-state index contributed by atoms with van der Waals surface area (Å²) in [6, 6.07) is 10.4. The molecule has 0 saturated carbocycles. The summed E-state index contributed by atoms with van der Waals surface area (Å²) in [7, 11) is -3.51. The summed E-state index contributed by atoms with van der Waals surface area (Å²) in [6.07, 6.45) is 2.98. The van der Waals surface area contributed by atoms with Crippen molar-refractivity contribution < 1.29 is 13.2 Å². The minimum atomic E-state index is -3.51. The number of hydrogen-bond donors (Lipinski definition) is 1. The number of nitrogens with one attached hydrogen (secondary N) is 1. The van der Waals surface area contributed by atoms with E-state index in [-0.39, 0.29) is 19.1 Å². The fourth-order valence-electron chi connectivity index (χ4n) is 3.12. The monoisotopic (exact) mass is 432 g/mol. The van der Waals surface area contributed by atoms with E-state index in [9.17, 15) is 13.2 Å². The van der Waals surface area contributed by atoms with Crippen LogP contribution in [0.4, 0.5) is 10.5 Å². The lowest BCUT2D eigenvalue weighted by molar-refractivity contribution is 0.184. The molecule has 11 heteroatoms. The molecule has 3 heterocycles. The summed E-state index contributed by atoms with van der Waals surface area (Å²) in [4.78, 5) is 19.2. The Morgan fingerprint density at radius 1 is 1.10 bits per heavy atom. The van der Waals surface area contributed by atoms with Crippen molar-refractivity contribution in [1.29, 1.82) is 0 Å². The van der Waals surface area contributed by atoms with Crippen molar-refractivity contribution >= 4 is 33.1 Å². The summed E-state index contributed by atoms with van der Waals surface area (Å²) >= 11 is 1.26. The van der Waals surface area contributed by atoms with E-state index >= 15 is 0 Å². The van der Waals surface area contributed by atoms with Crippen LogP contribution < -0.4 is 5.32 Å². The molecule has 2 amide bonds. The van der Waals surface area contributed by atoms with Crippen LogP contribution in [0.15, 0.2) is 53.3 Å². The predicted octanol–water partition coefficient (Wildman–Crippen LogP) is 2.18. The van der Waals surface area contributed by atoms with Crippen LogP contribution in [-0.2, 0) is 10.0 Å². The Balaban J connectivity index is 1.42. The van der Waals surface area contributed by atoms with E-state index in [2.05, 4.69) is 15.4 Å². The van der Waals surface area contributed by atoms with Gasteiger partial charge >= 0.3 is 6.03 Å². The molecule has 4 rings (SSSR count). The first kappa shape index (κ1) is 19.6. The molecular weight excluding hydrogens is 412 g/mol. The summed E-state index contributed by atoms with van der Waals surface area (Å²) in [5, 5.41) is 6.99. The molecule has 9 nitrogen and oxygen atoms in total. The lowest BCUT2D eigenvalue weighted by atomic mass is 10.2. The van der Waals surface area contributed by atoms with Crippen LogP contribution in [0.1, 0.15) is 4.88 Å². The summed E-state index contributed by atoms with van der Waals surface area (Å²) < 4.78 is 28.8. The number of rotatable bonds is 4. The number of thiophene rings is 1. The van der Waals surface area contributed by atoms with Gasteiger partial charge in [0, 0.05) is 31.1 Å². The third kappa shape index (κ3) is 4.02. The minimum Gasteiger partial charge on any atom is -0.322 e. The van der Waals surface area contributed by atoms with Gasteiger partial charge in [-0.1, -0.05) is 12.1 Å². The van der Waals surface area contributed by atoms with E-state index in [0.717, 1.165) is 4.88 Å². The van der Waals surface area contributed by atoms with Crippen LogP contribution >= 0.6 is 11.3 Å². The Morgan fingerprint density at radius 2 is 1.86 bits per heavy atom. The van der Waals surface area contributed by atoms with Crippen LogP contribution in [0.25, 0.3) is 5.69 Å². The van der Waals surface area contributed by atoms with Crippen LogP contribution in [0.3, 0.4) is 0 Å². The van der Waals surface area contributed by atoms with Crippen LogP contribution in [0.5, 0.6) is 0 Å². The zero-order valence-electron chi connectivity index (χ0n) is 15.7. The fourth-order valence-corrected chi connectivity index (χ4v) is 5.98. The van der Waals surface area contributed by atoms with Crippen molar-refractivity contribution in [1.82, 2.24) is 24.0 Å². The molecule has 0 radical (unpaired) electrons. The molecule has 2 aromatic heterocycles. The highest BCUT2D eigenvalue weighted by Gasteiger charge is 2.31. The quantitative estimate of drug-likeness (QED) is 0.681. The number of sulfonamides is 1. The number of nitrogens with zero attached hydrogens (tertiary/aromatic N) is 5. The Bertz CT molecular complexity index is 1100. The largest absolute Gasteiger partial charge is 0.322 e. The first-order valence-electron chi connectivity index (χ1n) is 9.02. The smallest absolute Gasteiger partial charge is 0.321 e. The Labute approximate surface area is 172 Å². The fraction of sp³-hybridized carbons (Fsp3) is 0.278. The summed E-state index contributed by atoms with van der Waals surface area (Å²) in [5.74, 6) is 0. The summed E-state index contributed by atoms with van der Waals surface area (Å²) in [6.45, 7) is 3.04. The number of aryl methyl sites for hydroxylation is 1. The second-order valence-corrected chi connectivity index (χ2v) is 10.00. The molecule has 3 aromatic rings. The topological polar surface area (TPSA) is 100 Å². The molecule has 1 N–H and O–H groups in total. The van der Waals surface area contributed by atoms with E-state index in [1.54, 1.807) is 34.1 Å². The van der Waals surface area contributed by atoms with Crippen molar-refractivity contribution in [2.45, 2.75) is 11.1 Å². The number of hydrogen-bond acceptors (Lipinski definition) is 6. The number of amides is 2. The highest BCUT2D eigenvalue weighted by atomic mass is 32.2. The Kier molecular flexibility index (Phi) is 5.35. The second-order valence-electron chi connectivity index (χ2n) is 6.54. The number of carbonyl (C=O) groups excluding carboxylic acids is 1. The molecular formula is C18H20N6O3S2. The number of benzene rings is 1. The number of anilines is 1. The SMILES string of the molecule is Cc1ccc(S(=O)(=O)N2CCN(C(=O)Nc3ccccc3-n3cncn3)CC2)s1. The average molecular weight is 433 g/mol. The molecule has 0 atom stereocenters. The molecule has 0 aliphatic carbocycles. The molecule has 29 heavy (non-hydrogen) atoms. The highest BCUT2D eigenvalue weighted by molar-refractivity contribution is 7.91. The average Bonchev–Trinajstić information content (AvgIpc) is 3.41. The van der Waals surface area contributed by atoms with Gasteiger partial charge in [0.15, 0.2) is 0 Å². The van der Waals surface area contributed by atoms with Crippen molar-refractivity contribution in [3.63, 3.8) is 0 Å². The first-order chi connectivity index (χ1) is 13.9. The van der Waals surface area contributed by atoms with Gasteiger partial charge in [0.25, 0.3) is 10.0 Å². The third-order valence-corrected chi connectivity index (χ3v) is 8.01. The lowest BCUT2D eigenvalue weighted by Crippen LogP contribution is -2.51. The zero-order valence-corrected chi connectivity index (χ0v) is 17.4. The van der Waals surface area contributed by atoms with Crippen molar-refractivity contribution in [3.05, 3.63) is 53.9 Å². The van der Waals surface area contributed by atoms with Crippen molar-refractivity contribution in [3.8, 4) is 5.69 Å². The Hall–Kier alpha value is -2.76. The van der Waals surface area contributed by atoms with Crippen molar-refractivity contribution in [2.75, 3.05) is 31.5 Å². The molecule has 1 aromatic carbocycles. The van der Waals surface area contributed by atoms with Crippen LogP contribution in [-0.4, -0.2) is 64.6 Å². The van der Waals surface area contributed by atoms with Gasteiger partial charge in [0.1, 0.15) is 16.9 Å². The molecule has 1 fully saturated rings. The molecule has 1 aliphatic rings. The number of aromatic nitrogens is 3. The maximum absolute atomic E-state index is 12.7. The molecule has 152 valence electrons. The van der Waals surface area contributed by atoms with Gasteiger partial charge < -0.3 is 10.2 Å². The van der Waals surface area contributed by atoms with Gasteiger partial charge in [0.2, 0.25) is 0 Å². The van der Waals surface area contributed by atoms with Crippen LogP contribution in [0.2, 0.25) is 0 Å². The zero-order chi connectivity index (χ0) is 20.4. The van der Waals surface area contributed by atoms with E-state index in [4.69, 9.17) is 0 Å². The Morgan fingerprint density at radius 3 is 2.52 bits per heavy atom. The van der Waals surface area contributed by atoms with E-state index in [0.29, 0.717) is 28.7 Å². The lowest BCUT2D eigenvalue weighted by Gasteiger charge is -2.33. The summed E-state index contributed by atoms with van der Waals surface area (Å²) in [5.41, 5.74) is 1.31.